The number of rotatable bonds is 10. The fourth-order valence-corrected chi connectivity index (χ4v) is 2.68. The maximum atomic E-state index is 12.6. The molecule has 8 heteroatoms. The van der Waals surface area contributed by atoms with Gasteiger partial charge in [0.2, 0.25) is 11.8 Å². The van der Waals surface area contributed by atoms with Crippen LogP contribution in [0.2, 0.25) is 0 Å². The molecular formula is C20H30N2O6. The lowest BCUT2D eigenvalue weighted by Crippen LogP contribution is -2.48. The third-order valence-electron chi connectivity index (χ3n) is 4.42. The zero-order valence-corrected chi connectivity index (χ0v) is 17.3. The second-order valence-corrected chi connectivity index (χ2v) is 7.47. The summed E-state index contributed by atoms with van der Waals surface area (Å²) in [7, 11) is 3.03. The third-order valence-corrected chi connectivity index (χ3v) is 4.42. The second-order valence-electron chi connectivity index (χ2n) is 7.47. The van der Waals surface area contributed by atoms with Crippen LogP contribution < -0.4 is 20.1 Å². The number of ether oxygens (including phenoxy) is 2. The highest BCUT2D eigenvalue weighted by Crippen LogP contribution is 2.33. The summed E-state index contributed by atoms with van der Waals surface area (Å²) in [6.07, 6.45) is 0.312. The molecule has 0 radical (unpaired) electrons. The van der Waals surface area contributed by atoms with Gasteiger partial charge >= 0.3 is 5.97 Å². The van der Waals surface area contributed by atoms with E-state index in [4.69, 9.17) is 9.47 Å². The smallest absolute Gasteiger partial charge is 0.326 e. The van der Waals surface area contributed by atoms with Crippen molar-refractivity contribution in [1.82, 2.24) is 10.6 Å². The first-order valence-electron chi connectivity index (χ1n) is 9.05. The highest BCUT2D eigenvalue weighted by molar-refractivity contribution is 5.92. The Morgan fingerprint density at radius 1 is 1.11 bits per heavy atom. The molecular weight excluding hydrogens is 364 g/mol. The van der Waals surface area contributed by atoms with Crippen molar-refractivity contribution < 1.29 is 29.0 Å². The summed E-state index contributed by atoms with van der Waals surface area (Å²) in [6, 6.07) is 4.19. The van der Waals surface area contributed by atoms with Crippen LogP contribution in [-0.4, -0.2) is 49.7 Å². The molecule has 28 heavy (non-hydrogen) atoms. The van der Waals surface area contributed by atoms with Gasteiger partial charge in [0.05, 0.1) is 26.2 Å². The minimum atomic E-state index is -1.10. The molecule has 1 rings (SSSR count). The Morgan fingerprint density at radius 3 is 2.21 bits per heavy atom. The second kappa shape index (κ2) is 9.96. The number of carboxylic acid groups (broad SMARTS) is 1. The number of methoxy groups -OCH3 is 2. The van der Waals surface area contributed by atoms with Crippen LogP contribution >= 0.6 is 0 Å². The number of carbonyl (C=O) groups excluding carboxylic acids is 2. The zero-order valence-electron chi connectivity index (χ0n) is 17.3. The molecule has 8 nitrogen and oxygen atoms in total. The van der Waals surface area contributed by atoms with Crippen molar-refractivity contribution in [1.29, 1.82) is 0 Å². The van der Waals surface area contributed by atoms with E-state index in [2.05, 4.69) is 10.6 Å². The molecule has 3 N–H and O–H groups in total. The molecule has 0 saturated carbocycles. The monoisotopic (exact) mass is 394 g/mol. The van der Waals surface area contributed by atoms with Crippen molar-refractivity contribution in [3.63, 3.8) is 0 Å². The average Bonchev–Trinajstić information content (AvgIpc) is 2.64. The van der Waals surface area contributed by atoms with E-state index in [1.807, 2.05) is 13.8 Å². The molecule has 0 aliphatic carbocycles. The molecule has 156 valence electrons. The molecule has 0 saturated heterocycles. The van der Waals surface area contributed by atoms with E-state index in [9.17, 15) is 19.5 Å². The molecule has 1 aromatic rings. The number of carbonyl (C=O) groups is 3. The number of carboxylic acids is 1. The van der Waals surface area contributed by atoms with Gasteiger partial charge in [-0.3, -0.25) is 9.59 Å². The average molecular weight is 394 g/mol. The molecule has 0 aliphatic rings. The quantitative estimate of drug-likeness (QED) is 0.557. The van der Waals surface area contributed by atoms with Crippen LogP contribution in [0.3, 0.4) is 0 Å². The van der Waals surface area contributed by atoms with Gasteiger partial charge in [-0.1, -0.05) is 19.9 Å². The summed E-state index contributed by atoms with van der Waals surface area (Å²) >= 11 is 0. The molecule has 0 heterocycles. The molecule has 2 amide bonds. The van der Waals surface area contributed by atoms with E-state index in [1.54, 1.807) is 32.0 Å². The standard InChI is InChI=1S/C20H30N2O6/c1-12(2)9-14(18(24)25)22-17(23)11-21-19(26)20(3,4)13-7-8-15(27-5)16(10-13)28-6/h7-8,10,12,14H,9,11H2,1-6H3,(H,21,26)(H,22,23)(H,24,25)/t14-/m0/s1. The van der Waals surface area contributed by atoms with Gasteiger partial charge in [-0.25, -0.2) is 4.79 Å². The summed E-state index contributed by atoms with van der Waals surface area (Å²) in [4.78, 5) is 35.9. The van der Waals surface area contributed by atoms with Crippen LogP contribution in [0.5, 0.6) is 11.5 Å². The van der Waals surface area contributed by atoms with Crippen LogP contribution in [0.4, 0.5) is 0 Å². The topological polar surface area (TPSA) is 114 Å². The Labute approximate surface area is 165 Å². The van der Waals surface area contributed by atoms with Gasteiger partial charge in [0, 0.05) is 0 Å². The summed E-state index contributed by atoms with van der Waals surface area (Å²) < 4.78 is 10.5. The van der Waals surface area contributed by atoms with Crippen molar-refractivity contribution in [3.05, 3.63) is 23.8 Å². The van der Waals surface area contributed by atoms with Gasteiger partial charge in [0.15, 0.2) is 11.5 Å². The maximum absolute atomic E-state index is 12.6. The first-order valence-corrected chi connectivity index (χ1v) is 9.05. The van der Waals surface area contributed by atoms with E-state index >= 15 is 0 Å². The fourth-order valence-electron chi connectivity index (χ4n) is 2.68. The summed E-state index contributed by atoms with van der Waals surface area (Å²) in [6.45, 7) is 6.88. The van der Waals surface area contributed by atoms with Crippen molar-refractivity contribution in [2.24, 2.45) is 5.92 Å². The van der Waals surface area contributed by atoms with Crippen LogP contribution in [0.25, 0.3) is 0 Å². The lowest BCUT2D eigenvalue weighted by molar-refractivity contribution is -0.142. The van der Waals surface area contributed by atoms with Gasteiger partial charge in [-0.2, -0.15) is 0 Å². The lowest BCUT2D eigenvalue weighted by Gasteiger charge is -2.25. The maximum Gasteiger partial charge on any atom is 0.326 e. The van der Waals surface area contributed by atoms with E-state index < -0.39 is 23.3 Å². The van der Waals surface area contributed by atoms with Gasteiger partial charge in [-0.05, 0) is 43.9 Å². The molecule has 0 unspecified atom stereocenters. The number of hydrogen-bond donors (Lipinski definition) is 3. The van der Waals surface area contributed by atoms with Gasteiger partial charge < -0.3 is 25.2 Å². The largest absolute Gasteiger partial charge is 0.493 e. The molecule has 0 fully saturated rings. The molecule has 0 bridgehead atoms. The first-order chi connectivity index (χ1) is 13.0. The SMILES string of the molecule is COc1ccc(C(C)(C)C(=O)NCC(=O)N[C@@H](CC(C)C)C(=O)O)cc1OC. The molecule has 0 spiro atoms. The van der Waals surface area contributed by atoms with Crippen LogP contribution in [0.15, 0.2) is 18.2 Å². The Kier molecular flexibility index (Phi) is 8.28. The van der Waals surface area contributed by atoms with E-state index in [-0.39, 0.29) is 18.4 Å². The molecule has 0 aromatic heterocycles. The van der Waals surface area contributed by atoms with E-state index in [1.165, 1.54) is 14.2 Å². The number of benzene rings is 1. The molecule has 0 aliphatic heterocycles. The minimum Gasteiger partial charge on any atom is -0.493 e. The number of nitrogens with one attached hydrogen (secondary N) is 2. The van der Waals surface area contributed by atoms with Gasteiger partial charge in [-0.15, -0.1) is 0 Å². The minimum absolute atomic E-state index is 0.111. The molecule has 1 aromatic carbocycles. The van der Waals surface area contributed by atoms with Crippen LogP contribution in [0, 0.1) is 5.92 Å². The van der Waals surface area contributed by atoms with Crippen LogP contribution in [0.1, 0.15) is 39.7 Å². The Morgan fingerprint density at radius 2 is 1.71 bits per heavy atom. The zero-order chi connectivity index (χ0) is 21.5. The Balaban J connectivity index is 2.78. The normalized spacial score (nSPS) is 12.2. The van der Waals surface area contributed by atoms with Crippen molar-refractivity contribution in [2.75, 3.05) is 20.8 Å². The van der Waals surface area contributed by atoms with Gasteiger partial charge in [0.1, 0.15) is 6.04 Å². The summed E-state index contributed by atoms with van der Waals surface area (Å²) in [5.41, 5.74) is -0.254. The number of hydrogen-bond acceptors (Lipinski definition) is 5. The third kappa shape index (κ3) is 6.14. The Hall–Kier alpha value is -2.77. The summed E-state index contributed by atoms with van der Waals surface area (Å²) in [5.74, 6) is -0.863. The predicted octanol–water partition coefficient (Wildman–Crippen LogP) is 1.71. The number of aliphatic carboxylic acids is 1. The highest BCUT2D eigenvalue weighted by Gasteiger charge is 2.31. The summed E-state index contributed by atoms with van der Waals surface area (Å²) in [5, 5.41) is 14.2. The fraction of sp³-hybridized carbons (Fsp3) is 0.550. The highest BCUT2D eigenvalue weighted by atomic mass is 16.5. The van der Waals surface area contributed by atoms with E-state index in [0.29, 0.717) is 23.5 Å². The van der Waals surface area contributed by atoms with Crippen molar-refractivity contribution >= 4 is 17.8 Å². The Bertz CT molecular complexity index is 715. The molecule has 1 atom stereocenters. The number of amides is 2. The van der Waals surface area contributed by atoms with Crippen molar-refractivity contribution in [2.45, 2.75) is 45.6 Å². The van der Waals surface area contributed by atoms with E-state index in [0.717, 1.165) is 0 Å². The van der Waals surface area contributed by atoms with Gasteiger partial charge in [0.25, 0.3) is 0 Å². The lowest BCUT2D eigenvalue weighted by atomic mass is 9.83. The predicted molar refractivity (Wildman–Crippen MR) is 105 cm³/mol. The van der Waals surface area contributed by atoms with Crippen molar-refractivity contribution in [3.8, 4) is 11.5 Å². The first kappa shape index (κ1) is 23.3. The van der Waals surface area contributed by atoms with Crippen LogP contribution in [-0.2, 0) is 19.8 Å².